The van der Waals surface area contributed by atoms with Crippen molar-refractivity contribution in [2.45, 2.75) is 13.0 Å². The van der Waals surface area contributed by atoms with E-state index in [1.54, 1.807) is 0 Å². The molecule has 5 heteroatoms. The van der Waals surface area contributed by atoms with Crippen molar-refractivity contribution >= 4 is 10.0 Å². The topological polar surface area (TPSA) is 55.4 Å². The molecule has 1 atom stereocenters. The molecule has 0 aliphatic carbocycles. The van der Waals surface area contributed by atoms with E-state index in [0.717, 1.165) is 0 Å². The van der Waals surface area contributed by atoms with E-state index in [9.17, 15) is 8.42 Å². The van der Waals surface area contributed by atoms with Crippen molar-refractivity contribution in [1.29, 1.82) is 0 Å². The lowest BCUT2D eigenvalue weighted by Crippen LogP contribution is -2.41. The Morgan fingerprint density at radius 3 is 2.67 bits per heavy atom. The first-order valence-electron chi connectivity index (χ1n) is 2.69. The molecule has 54 valence electrons. The number of ether oxygens (including phenoxy) is 1. The summed E-state index contributed by atoms with van der Waals surface area (Å²) in [5, 5.41) is 0. The van der Waals surface area contributed by atoms with Crippen LogP contribution in [-0.2, 0) is 14.8 Å². The Labute approximate surface area is 54.3 Å². The van der Waals surface area contributed by atoms with E-state index in [-0.39, 0.29) is 12.0 Å². The third-order valence-corrected chi connectivity index (χ3v) is 2.15. The van der Waals surface area contributed by atoms with E-state index in [0.29, 0.717) is 6.54 Å². The Bertz CT molecular complexity index is 172. The van der Waals surface area contributed by atoms with Crippen LogP contribution in [-0.4, -0.2) is 27.0 Å². The number of hydrogen-bond acceptors (Lipinski definition) is 3. The zero-order valence-corrected chi connectivity index (χ0v) is 5.94. The number of rotatable bonds is 0. The van der Waals surface area contributed by atoms with Gasteiger partial charge in [-0.15, -0.1) is 0 Å². The summed E-state index contributed by atoms with van der Waals surface area (Å²) in [7, 11) is -3.09. The van der Waals surface area contributed by atoms with Gasteiger partial charge >= 0.3 is 0 Å². The van der Waals surface area contributed by atoms with Crippen LogP contribution in [0.5, 0.6) is 0 Å². The molecule has 1 aliphatic rings. The maximum Gasteiger partial charge on any atom is 0.235 e. The minimum Gasteiger partial charge on any atom is -0.360 e. The van der Waals surface area contributed by atoms with Crippen molar-refractivity contribution in [2.24, 2.45) is 0 Å². The van der Waals surface area contributed by atoms with E-state index in [2.05, 4.69) is 4.72 Å². The molecule has 9 heavy (non-hydrogen) atoms. The Hall–Kier alpha value is -0.130. The van der Waals surface area contributed by atoms with Gasteiger partial charge in [0.2, 0.25) is 10.0 Å². The van der Waals surface area contributed by atoms with Crippen LogP contribution in [0.4, 0.5) is 0 Å². The van der Waals surface area contributed by atoms with Crippen molar-refractivity contribution in [3.05, 3.63) is 0 Å². The third-order valence-electron chi connectivity index (χ3n) is 1.10. The molecule has 0 aromatic heterocycles. The molecule has 0 aromatic rings. The van der Waals surface area contributed by atoms with Crippen LogP contribution in [0.3, 0.4) is 0 Å². The maximum atomic E-state index is 10.6. The van der Waals surface area contributed by atoms with Crippen molar-refractivity contribution in [3.8, 4) is 0 Å². The van der Waals surface area contributed by atoms with Crippen molar-refractivity contribution in [2.75, 3.05) is 12.5 Å². The van der Waals surface area contributed by atoms with Gasteiger partial charge in [-0.3, -0.25) is 0 Å². The summed E-state index contributed by atoms with van der Waals surface area (Å²) >= 11 is 0. The molecule has 1 N–H and O–H groups in total. The van der Waals surface area contributed by atoms with E-state index in [1.165, 1.54) is 0 Å². The highest BCUT2D eigenvalue weighted by Gasteiger charge is 2.19. The van der Waals surface area contributed by atoms with Crippen LogP contribution in [0.2, 0.25) is 0 Å². The van der Waals surface area contributed by atoms with Gasteiger partial charge in [-0.2, -0.15) is 0 Å². The SMILES string of the molecule is C[C@H]1CNS(=O)(=O)CO1. The second kappa shape index (κ2) is 2.24. The second-order valence-corrected chi connectivity index (χ2v) is 3.81. The third kappa shape index (κ3) is 1.92. The number of sulfonamides is 1. The molecule has 1 aliphatic heterocycles. The molecule has 1 saturated heterocycles. The highest BCUT2D eigenvalue weighted by Crippen LogP contribution is 1.99. The standard InChI is InChI=1S/C4H9NO3S/c1-4-2-5-9(6,7)3-8-4/h4-5H,2-3H2,1H3/t4-/m0/s1. The predicted molar refractivity (Wildman–Crippen MR) is 32.3 cm³/mol. The zero-order chi connectivity index (χ0) is 6.91. The Kier molecular flexibility index (Phi) is 1.74. The van der Waals surface area contributed by atoms with E-state index >= 15 is 0 Å². The molecule has 0 bridgehead atoms. The Morgan fingerprint density at radius 2 is 2.33 bits per heavy atom. The first kappa shape index (κ1) is 6.98. The summed E-state index contributed by atoms with van der Waals surface area (Å²) < 4.78 is 28.3. The molecular weight excluding hydrogens is 142 g/mol. The van der Waals surface area contributed by atoms with Gasteiger partial charge in [-0.05, 0) is 6.92 Å². The Morgan fingerprint density at radius 1 is 1.67 bits per heavy atom. The van der Waals surface area contributed by atoms with Gasteiger partial charge in [0.05, 0.1) is 6.10 Å². The van der Waals surface area contributed by atoms with Crippen molar-refractivity contribution < 1.29 is 13.2 Å². The molecule has 0 aromatic carbocycles. The highest BCUT2D eigenvalue weighted by molar-refractivity contribution is 7.89. The van der Waals surface area contributed by atoms with Gasteiger partial charge in [0.25, 0.3) is 0 Å². The summed E-state index contributed by atoms with van der Waals surface area (Å²) in [5.41, 5.74) is 0. The van der Waals surface area contributed by atoms with Gasteiger partial charge in [0.1, 0.15) is 0 Å². The van der Waals surface area contributed by atoms with Crippen LogP contribution < -0.4 is 4.72 Å². The smallest absolute Gasteiger partial charge is 0.235 e. The molecule has 1 fully saturated rings. The normalized spacial score (nSPS) is 34.1. The lowest BCUT2D eigenvalue weighted by Gasteiger charge is -2.19. The zero-order valence-electron chi connectivity index (χ0n) is 5.12. The first-order valence-corrected chi connectivity index (χ1v) is 4.34. The van der Waals surface area contributed by atoms with Gasteiger partial charge in [-0.25, -0.2) is 13.1 Å². The van der Waals surface area contributed by atoms with Crippen LogP contribution in [0.1, 0.15) is 6.92 Å². The van der Waals surface area contributed by atoms with Gasteiger partial charge < -0.3 is 4.74 Å². The van der Waals surface area contributed by atoms with Crippen LogP contribution in [0, 0.1) is 0 Å². The van der Waals surface area contributed by atoms with Crippen LogP contribution in [0.25, 0.3) is 0 Å². The second-order valence-electron chi connectivity index (χ2n) is 2.06. The fourth-order valence-electron chi connectivity index (χ4n) is 0.551. The molecule has 0 spiro atoms. The number of nitrogens with one attached hydrogen (secondary N) is 1. The fourth-order valence-corrected chi connectivity index (χ4v) is 1.53. The van der Waals surface area contributed by atoms with Gasteiger partial charge in [0, 0.05) is 6.54 Å². The quantitative estimate of drug-likeness (QED) is 0.497. The molecule has 0 saturated carbocycles. The molecular formula is C4H9NO3S. The lowest BCUT2D eigenvalue weighted by atomic mass is 10.4. The maximum absolute atomic E-state index is 10.6. The van der Waals surface area contributed by atoms with Crippen molar-refractivity contribution in [3.63, 3.8) is 0 Å². The highest BCUT2D eigenvalue weighted by atomic mass is 32.2. The average Bonchev–Trinajstić information content (AvgIpc) is 1.78. The van der Waals surface area contributed by atoms with E-state index < -0.39 is 10.0 Å². The van der Waals surface area contributed by atoms with Gasteiger partial charge in [-0.1, -0.05) is 0 Å². The summed E-state index contributed by atoms with van der Waals surface area (Å²) in [6, 6.07) is 0. The first-order chi connectivity index (χ1) is 4.10. The summed E-state index contributed by atoms with van der Waals surface area (Å²) in [4.78, 5) is 0. The Balaban J connectivity index is 2.55. The molecule has 0 amide bonds. The summed E-state index contributed by atoms with van der Waals surface area (Å²) in [6.07, 6.45) is 0.00789. The monoisotopic (exact) mass is 151 g/mol. The molecule has 1 heterocycles. The molecule has 0 unspecified atom stereocenters. The molecule has 0 radical (unpaired) electrons. The fraction of sp³-hybridized carbons (Fsp3) is 1.00. The summed E-state index contributed by atoms with van der Waals surface area (Å²) in [5.74, 6) is -0.200. The molecule has 4 nitrogen and oxygen atoms in total. The van der Waals surface area contributed by atoms with Crippen LogP contribution in [0.15, 0.2) is 0 Å². The lowest BCUT2D eigenvalue weighted by molar-refractivity contribution is 0.0921. The molecule has 1 rings (SSSR count). The minimum absolute atomic E-state index is 0.00789. The van der Waals surface area contributed by atoms with E-state index in [4.69, 9.17) is 4.74 Å². The number of hydrogen-bond donors (Lipinski definition) is 1. The van der Waals surface area contributed by atoms with Gasteiger partial charge in [0.15, 0.2) is 5.94 Å². The minimum atomic E-state index is -3.09. The van der Waals surface area contributed by atoms with Crippen LogP contribution >= 0.6 is 0 Å². The van der Waals surface area contributed by atoms with Crippen molar-refractivity contribution in [1.82, 2.24) is 4.72 Å². The summed E-state index contributed by atoms with van der Waals surface area (Å²) in [6.45, 7) is 2.21. The largest absolute Gasteiger partial charge is 0.360 e. The predicted octanol–water partition coefficient (Wildman–Crippen LogP) is -0.718. The average molecular weight is 151 g/mol. The van der Waals surface area contributed by atoms with E-state index in [1.807, 2.05) is 6.92 Å².